The Morgan fingerprint density at radius 1 is 1.32 bits per heavy atom. The Kier molecular flexibility index (Phi) is 5.69. The molecule has 2 heterocycles. The van der Waals surface area contributed by atoms with Gasteiger partial charge in [-0.2, -0.15) is 5.26 Å². The maximum atomic E-state index is 13.3. The van der Waals surface area contributed by atoms with Crippen molar-refractivity contribution in [3.63, 3.8) is 0 Å². The fourth-order valence-corrected chi connectivity index (χ4v) is 2.95. The van der Waals surface area contributed by atoms with Crippen molar-refractivity contribution in [2.75, 3.05) is 32.8 Å². The number of aliphatic hydroxyl groups is 1. The molecule has 0 aromatic carbocycles. The van der Waals surface area contributed by atoms with Gasteiger partial charge in [-0.1, -0.05) is 0 Å². The third kappa shape index (κ3) is 3.93. The van der Waals surface area contributed by atoms with Crippen molar-refractivity contribution in [3.05, 3.63) is 0 Å². The summed E-state index contributed by atoms with van der Waals surface area (Å²) in [5, 5.41) is 20.9. The SMILES string of the molecule is N#CC1CC(F)CN1C(=O)CNC1CCN(C(=O)CO)CC1. The van der Waals surface area contributed by atoms with Gasteiger partial charge in [0.05, 0.1) is 19.2 Å². The van der Waals surface area contributed by atoms with Crippen LogP contribution >= 0.6 is 0 Å². The summed E-state index contributed by atoms with van der Waals surface area (Å²) >= 11 is 0. The Bertz CT molecular complexity index is 459. The molecular formula is C14H21FN4O3. The van der Waals surface area contributed by atoms with Gasteiger partial charge >= 0.3 is 0 Å². The molecule has 0 aliphatic carbocycles. The lowest BCUT2D eigenvalue weighted by molar-refractivity contribution is -0.135. The van der Waals surface area contributed by atoms with Crippen molar-refractivity contribution >= 4 is 11.8 Å². The van der Waals surface area contributed by atoms with Gasteiger partial charge < -0.3 is 20.2 Å². The van der Waals surface area contributed by atoms with E-state index in [1.165, 1.54) is 4.90 Å². The predicted octanol–water partition coefficient (Wildman–Crippen LogP) is -0.978. The Morgan fingerprint density at radius 2 is 2.00 bits per heavy atom. The summed E-state index contributed by atoms with van der Waals surface area (Å²) in [5.74, 6) is -0.544. The molecular weight excluding hydrogens is 291 g/mol. The van der Waals surface area contributed by atoms with E-state index in [9.17, 15) is 14.0 Å². The number of nitrogens with one attached hydrogen (secondary N) is 1. The largest absolute Gasteiger partial charge is 0.387 e. The molecule has 2 aliphatic heterocycles. The highest BCUT2D eigenvalue weighted by atomic mass is 19.1. The molecule has 0 aromatic heterocycles. The summed E-state index contributed by atoms with van der Waals surface area (Å²) in [6.07, 6.45) is 0.365. The molecule has 0 bridgehead atoms. The first-order valence-corrected chi connectivity index (χ1v) is 7.50. The zero-order valence-corrected chi connectivity index (χ0v) is 12.4. The van der Waals surface area contributed by atoms with Crippen molar-refractivity contribution < 1.29 is 19.1 Å². The van der Waals surface area contributed by atoms with Crippen LogP contribution in [0.15, 0.2) is 0 Å². The van der Waals surface area contributed by atoms with E-state index < -0.39 is 18.8 Å². The van der Waals surface area contributed by atoms with Crippen LogP contribution in [0.4, 0.5) is 4.39 Å². The molecule has 2 fully saturated rings. The highest BCUT2D eigenvalue weighted by molar-refractivity contribution is 5.79. The maximum Gasteiger partial charge on any atom is 0.248 e. The predicted molar refractivity (Wildman–Crippen MR) is 75.3 cm³/mol. The lowest BCUT2D eigenvalue weighted by atomic mass is 10.0. The van der Waals surface area contributed by atoms with Crippen LogP contribution < -0.4 is 5.32 Å². The van der Waals surface area contributed by atoms with E-state index in [1.54, 1.807) is 4.90 Å². The fourth-order valence-electron chi connectivity index (χ4n) is 2.95. The Balaban J connectivity index is 1.74. The highest BCUT2D eigenvalue weighted by Gasteiger charge is 2.35. The number of hydrogen-bond acceptors (Lipinski definition) is 5. The zero-order chi connectivity index (χ0) is 16.1. The van der Waals surface area contributed by atoms with E-state index in [0.717, 1.165) is 0 Å². The van der Waals surface area contributed by atoms with Crippen LogP contribution in [0, 0.1) is 11.3 Å². The van der Waals surface area contributed by atoms with Gasteiger partial charge in [-0.3, -0.25) is 9.59 Å². The molecule has 2 unspecified atom stereocenters. The standard InChI is InChI=1S/C14H21FN4O3/c15-10-5-12(6-16)19(8-10)13(21)7-17-11-1-3-18(4-2-11)14(22)9-20/h10-12,17,20H,1-5,7-9H2. The first-order chi connectivity index (χ1) is 10.5. The van der Waals surface area contributed by atoms with Gasteiger partial charge in [0.2, 0.25) is 11.8 Å². The van der Waals surface area contributed by atoms with Gasteiger partial charge in [-0.05, 0) is 12.8 Å². The summed E-state index contributed by atoms with van der Waals surface area (Å²) in [6.45, 7) is 0.669. The lowest BCUT2D eigenvalue weighted by Crippen LogP contribution is -2.49. The molecule has 22 heavy (non-hydrogen) atoms. The van der Waals surface area contributed by atoms with Crippen LogP contribution in [0.3, 0.4) is 0 Å². The number of nitriles is 1. The zero-order valence-electron chi connectivity index (χ0n) is 12.4. The minimum Gasteiger partial charge on any atom is -0.387 e. The van der Waals surface area contributed by atoms with Crippen molar-refractivity contribution in [3.8, 4) is 6.07 Å². The number of aliphatic hydroxyl groups excluding tert-OH is 1. The maximum absolute atomic E-state index is 13.3. The third-order valence-electron chi connectivity index (χ3n) is 4.24. The number of rotatable bonds is 4. The number of nitrogens with zero attached hydrogens (tertiary/aromatic N) is 3. The quantitative estimate of drug-likeness (QED) is 0.696. The summed E-state index contributed by atoms with van der Waals surface area (Å²) < 4.78 is 13.3. The normalized spacial score (nSPS) is 26.0. The summed E-state index contributed by atoms with van der Waals surface area (Å²) in [5.41, 5.74) is 0. The molecule has 0 aromatic rings. The monoisotopic (exact) mass is 312 g/mol. The average Bonchev–Trinajstić information content (AvgIpc) is 2.93. The van der Waals surface area contributed by atoms with Gasteiger partial charge in [0, 0.05) is 25.6 Å². The van der Waals surface area contributed by atoms with E-state index in [1.807, 2.05) is 6.07 Å². The van der Waals surface area contributed by atoms with Crippen LogP contribution in [-0.2, 0) is 9.59 Å². The first-order valence-electron chi connectivity index (χ1n) is 7.50. The van der Waals surface area contributed by atoms with Gasteiger partial charge in [0.25, 0.3) is 0 Å². The second-order valence-corrected chi connectivity index (χ2v) is 5.72. The average molecular weight is 312 g/mol. The van der Waals surface area contributed by atoms with E-state index in [-0.39, 0.29) is 37.4 Å². The molecule has 2 amide bonds. The van der Waals surface area contributed by atoms with Crippen molar-refractivity contribution in [1.82, 2.24) is 15.1 Å². The molecule has 2 N–H and O–H groups in total. The van der Waals surface area contributed by atoms with Gasteiger partial charge in [-0.25, -0.2) is 4.39 Å². The number of halogens is 1. The van der Waals surface area contributed by atoms with E-state index in [0.29, 0.717) is 25.9 Å². The molecule has 2 atom stereocenters. The van der Waals surface area contributed by atoms with Crippen molar-refractivity contribution in [2.24, 2.45) is 0 Å². The number of likely N-dealkylation sites (tertiary alicyclic amines) is 2. The minimum atomic E-state index is -1.12. The Hall–Kier alpha value is -1.72. The number of carbonyl (C=O) groups is 2. The highest BCUT2D eigenvalue weighted by Crippen LogP contribution is 2.19. The third-order valence-corrected chi connectivity index (χ3v) is 4.24. The number of hydrogen-bond donors (Lipinski definition) is 2. The van der Waals surface area contributed by atoms with E-state index in [2.05, 4.69) is 5.32 Å². The number of alkyl halides is 1. The Morgan fingerprint density at radius 3 is 2.59 bits per heavy atom. The van der Waals surface area contributed by atoms with Crippen LogP contribution in [0.5, 0.6) is 0 Å². The first kappa shape index (κ1) is 16.6. The number of amides is 2. The Labute approximate surface area is 128 Å². The van der Waals surface area contributed by atoms with Crippen LogP contribution in [-0.4, -0.2) is 77.8 Å². The molecule has 2 aliphatic rings. The molecule has 0 saturated carbocycles. The van der Waals surface area contributed by atoms with Gasteiger partial charge in [0.1, 0.15) is 18.8 Å². The van der Waals surface area contributed by atoms with Crippen molar-refractivity contribution in [2.45, 2.75) is 37.5 Å². The minimum absolute atomic E-state index is 0.0117. The van der Waals surface area contributed by atoms with E-state index in [4.69, 9.17) is 10.4 Å². The number of piperidine rings is 1. The molecule has 122 valence electrons. The van der Waals surface area contributed by atoms with E-state index >= 15 is 0 Å². The second-order valence-electron chi connectivity index (χ2n) is 5.72. The second kappa shape index (κ2) is 7.51. The summed E-state index contributed by atoms with van der Waals surface area (Å²) in [6, 6.07) is 1.39. The topological polar surface area (TPSA) is 96.7 Å². The molecule has 2 rings (SSSR count). The lowest BCUT2D eigenvalue weighted by Gasteiger charge is -2.32. The molecule has 2 saturated heterocycles. The van der Waals surface area contributed by atoms with Crippen molar-refractivity contribution in [1.29, 1.82) is 5.26 Å². The summed E-state index contributed by atoms with van der Waals surface area (Å²) in [7, 11) is 0. The fraction of sp³-hybridized carbons (Fsp3) is 0.786. The van der Waals surface area contributed by atoms with Gasteiger partial charge in [-0.15, -0.1) is 0 Å². The molecule has 7 nitrogen and oxygen atoms in total. The smallest absolute Gasteiger partial charge is 0.248 e. The number of carbonyl (C=O) groups excluding carboxylic acids is 2. The molecule has 0 spiro atoms. The molecule has 0 radical (unpaired) electrons. The summed E-state index contributed by atoms with van der Waals surface area (Å²) in [4.78, 5) is 26.3. The van der Waals surface area contributed by atoms with Crippen LogP contribution in [0.25, 0.3) is 0 Å². The van der Waals surface area contributed by atoms with Crippen LogP contribution in [0.1, 0.15) is 19.3 Å². The molecule has 8 heteroatoms. The van der Waals surface area contributed by atoms with Gasteiger partial charge in [0.15, 0.2) is 0 Å². The van der Waals surface area contributed by atoms with Crippen LogP contribution in [0.2, 0.25) is 0 Å².